The van der Waals surface area contributed by atoms with Crippen LogP contribution in [0.3, 0.4) is 0 Å². The number of carbonyl (C=O) groups excluding carboxylic acids is 1. The second-order valence-corrected chi connectivity index (χ2v) is 5.82. The number of benzene rings is 1. The zero-order valence-corrected chi connectivity index (χ0v) is 11.5. The Morgan fingerprint density at radius 1 is 1.05 bits per heavy atom. The summed E-state index contributed by atoms with van der Waals surface area (Å²) in [5.74, 6) is -0.486. The third-order valence-corrected chi connectivity index (χ3v) is 4.44. The van der Waals surface area contributed by atoms with E-state index in [2.05, 4.69) is 0 Å². The molecule has 0 aromatic heterocycles. The summed E-state index contributed by atoms with van der Waals surface area (Å²) in [4.78, 5) is 25.4. The molecule has 1 aromatic rings. The lowest BCUT2D eigenvalue weighted by Crippen LogP contribution is -2.33. The van der Waals surface area contributed by atoms with Crippen molar-refractivity contribution in [3.8, 4) is 0 Å². The molecule has 1 saturated carbocycles. The first kappa shape index (κ1) is 13.2. The van der Waals surface area contributed by atoms with Crippen LogP contribution >= 0.6 is 0 Å². The van der Waals surface area contributed by atoms with Gasteiger partial charge in [0.25, 0.3) is 0 Å². The van der Waals surface area contributed by atoms with Gasteiger partial charge in [-0.25, -0.2) is 4.79 Å². The molecule has 0 spiro atoms. The Morgan fingerprint density at radius 3 is 2.45 bits per heavy atom. The zero-order chi connectivity index (χ0) is 14.1. The lowest BCUT2D eigenvalue weighted by molar-refractivity contribution is -0.137. The highest BCUT2D eigenvalue weighted by atomic mass is 16.4. The van der Waals surface area contributed by atoms with Gasteiger partial charge in [-0.3, -0.25) is 4.79 Å². The van der Waals surface area contributed by atoms with Gasteiger partial charge in [0, 0.05) is 19.0 Å². The van der Waals surface area contributed by atoms with Gasteiger partial charge >= 0.3 is 5.97 Å². The summed E-state index contributed by atoms with van der Waals surface area (Å²) >= 11 is 0. The van der Waals surface area contributed by atoms with E-state index in [0.29, 0.717) is 18.7 Å². The number of carboxylic acids is 1. The van der Waals surface area contributed by atoms with Crippen molar-refractivity contribution >= 4 is 11.9 Å². The topological polar surface area (TPSA) is 57.6 Å². The predicted octanol–water partition coefficient (Wildman–Crippen LogP) is 2.81. The van der Waals surface area contributed by atoms with Crippen molar-refractivity contribution in [2.24, 2.45) is 5.92 Å². The summed E-state index contributed by atoms with van der Waals surface area (Å²) < 4.78 is 0. The average molecular weight is 273 g/mol. The molecule has 0 saturated heterocycles. The van der Waals surface area contributed by atoms with Crippen LogP contribution in [0.4, 0.5) is 0 Å². The van der Waals surface area contributed by atoms with Gasteiger partial charge in [0.15, 0.2) is 0 Å². The molecular formula is C16H19NO3. The van der Waals surface area contributed by atoms with Gasteiger partial charge in [-0.15, -0.1) is 0 Å². The van der Waals surface area contributed by atoms with Crippen LogP contribution in [0, 0.1) is 5.92 Å². The van der Waals surface area contributed by atoms with Crippen LogP contribution in [-0.2, 0) is 17.9 Å². The number of rotatable bonds is 2. The molecule has 1 amide bonds. The van der Waals surface area contributed by atoms with E-state index in [1.165, 1.54) is 6.42 Å². The van der Waals surface area contributed by atoms with Crippen molar-refractivity contribution in [3.05, 3.63) is 34.9 Å². The molecular weight excluding hydrogens is 254 g/mol. The number of hydrogen-bond donors (Lipinski definition) is 1. The van der Waals surface area contributed by atoms with Gasteiger partial charge < -0.3 is 10.0 Å². The molecule has 4 nitrogen and oxygen atoms in total. The quantitative estimate of drug-likeness (QED) is 0.901. The highest BCUT2D eigenvalue weighted by Gasteiger charge is 2.30. The normalized spacial score (nSPS) is 18.9. The Kier molecular flexibility index (Phi) is 3.47. The summed E-state index contributed by atoms with van der Waals surface area (Å²) in [5.41, 5.74) is 2.36. The van der Waals surface area contributed by atoms with Crippen LogP contribution in [0.2, 0.25) is 0 Å². The van der Waals surface area contributed by atoms with Crippen molar-refractivity contribution in [2.45, 2.75) is 45.2 Å². The number of nitrogens with zero attached hydrogens (tertiary/aromatic N) is 1. The molecule has 1 aromatic carbocycles. The van der Waals surface area contributed by atoms with E-state index in [9.17, 15) is 9.59 Å². The van der Waals surface area contributed by atoms with E-state index in [0.717, 1.165) is 36.8 Å². The van der Waals surface area contributed by atoms with Gasteiger partial charge in [-0.05, 0) is 36.1 Å². The maximum absolute atomic E-state index is 12.5. The monoisotopic (exact) mass is 273 g/mol. The van der Waals surface area contributed by atoms with E-state index < -0.39 is 5.97 Å². The van der Waals surface area contributed by atoms with Crippen LogP contribution in [-0.4, -0.2) is 21.9 Å². The summed E-state index contributed by atoms with van der Waals surface area (Å²) in [6.45, 7) is 1.19. The molecule has 3 rings (SSSR count). The fourth-order valence-corrected chi connectivity index (χ4v) is 3.29. The number of fused-ring (bicyclic) bond motifs is 1. The SMILES string of the molecule is O=C(O)c1ccc2c(c1)CN(C(=O)C1CCCCC1)C2. The number of amides is 1. The fraction of sp³-hybridized carbons (Fsp3) is 0.500. The maximum atomic E-state index is 12.5. The van der Waals surface area contributed by atoms with E-state index in [1.54, 1.807) is 12.1 Å². The third-order valence-electron chi connectivity index (χ3n) is 4.44. The van der Waals surface area contributed by atoms with Gasteiger partial charge in [-0.1, -0.05) is 25.3 Å². The highest BCUT2D eigenvalue weighted by molar-refractivity contribution is 5.88. The van der Waals surface area contributed by atoms with Crippen molar-refractivity contribution in [2.75, 3.05) is 0 Å². The Balaban J connectivity index is 1.73. The standard InChI is InChI=1S/C16H19NO3/c18-15(11-4-2-1-3-5-11)17-9-13-7-6-12(16(19)20)8-14(13)10-17/h6-8,11H,1-5,9-10H2,(H,19,20). The highest BCUT2D eigenvalue weighted by Crippen LogP contribution is 2.30. The van der Waals surface area contributed by atoms with E-state index in [4.69, 9.17) is 5.11 Å². The average Bonchev–Trinajstić information content (AvgIpc) is 2.90. The lowest BCUT2D eigenvalue weighted by atomic mass is 9.88. The summed E-state index contributed by atoms with van der Waals surface area (Å²) in [5, 5.41) is 9.01. The van der Waals surface area contributed by atoms with Crippen LogP contribution in [0.15, 0.2) is 18.2 Å². The smallest absolute Gasteiger partial charge is 0.335 e. The Bertz CT molecular complexity index is 547. The lowest BCUT2D eigenvalue weighted by Gasteiger charge is -2.25. The molecule has 1 aliphatic carbocycles. The Morgan fingerprint density at radius 2 is 1.75 bits per heavy atom. The minimum atomic E-state index is -0.912. The Hall–Kier alpha value is -1.84. The summed E-state index contributed by atoms with van der Waals surface area (Å²) in [7, 11) is 0. The summed E-state index contributed by atoms with van der Waals surface area (Å²) in [6, 6.07) is 5.16. The van der Waals surface area contributed by atoms with Gasteiger partial charge in [0.05, 0.1) is 5.56 Å². The molecule has 1 fully saturated rings. The van der Waals surface area contributed by atoms with E-state index in [-0.39, 0.29) is 11.8 Å². The molecule has 20 heavy (non-hydrogen) atoms. The molecule has 1 aliphatic heterocycles. The molecule has 106 valence electrons. The number of aromatic carboxylic acids is 1. The number of carbonyl (C=O) groups is 2. The largest absolute Gasteiger partial charge is 0.478 e. The Labute approximate surface area is 118 Å². The number of carboxylic acid groups (broad SMARTS) is 1. The fourth-order valence-electron chi connectivity index (χ4n) is 3.29. The molecule has 0 atom stereocenters. The van der Waals surface area contributed by atoms with Crippen molar-refractivity contribution in [3.63, 3.8) is 0 Å². The van der Waals surface area contributed by atoms with Crippen molar-refractivity contribution < 1.29 is 14.7 Å². The molecule has 2 aliphatic rings. The molecule has 1 heterocycles. The molecule has 0 unspecified atom stereocenters. The minimum absolute atomic E-state index is 0.178. The predicted molar refractivity (Wildman–Crippen MR) is 74.2 cm³/mol. The van der Waals surface area contributed by atoms with Gasteiger partial charge in [0.1, 0.15) is 0 Å². The van der Waals surface area contributed by atoms with Crippen molar-refractivity contribution in [1.29, 1.82) is 0 Å². The van der Waals surface area contributed by atoms with E-state index >= 15 is 0 Å². The van der Waals surface area contributed by atoms with Crippen LogP contribution in [0.1, 0.15) is 53.6 Å². The first-order valence-electron chi connectivity index (χ1n) is 7.29. The first-order chi connectivity index (χ1) is 9.65. The molecule has 4 heteroatoms. The van der Waals surface area contributed by atoms with Gasteiger partial charge in [0.2, 0.25) is 5.91 Å². The maximum Gasteiger partial charge on any atom is 0.335 e. The second kappa shape index (κ2) is 5.27. The third kappa shape index (κ3) is 2.42. The van der Waals surface area contributed by atoms with Crippen LogP contribution in [0.5, 0.6) is 0 Å². The second-order valence-electron chi connectivity index (χ2n) is 5.82. The zero-order valence-electron chi connectivity index (χ0n) is 11.5. The van der Waals surface area contributed by atoms with Crippen LogP contribution in [0.25, 0.3) is 0 Å². The van der Waals surface area contributed by atoms with Crippen LogP contribution < -0.4 is 0 Å². The van der Waals surface area contributed by atoms with Gasteiger partial charge in [-0.2, -0.15) is 0 Å². The molecule has 0 radical (unpaired) electrons. The molecule has 1 N–H and O–H groups in total. The first-order valence-corrected chi connectivity index (χ1v) is 7.29. The van der Waals surface area contributed by atoms with E-state index in [1.807, 2.05) is 11.0 Å². The minimum Gasteiger partial charge on any atom is -0.478 e. The van der Waals surface area contributed by atoms with Crippen molar-refractivity contribution in [1.82, 2.24) is 4.90 Å². The summed E-state index contributed by atoms with van der Waals surface area (Å²) in [6.07, 6.45) is 5.56. The molecule has 0 bridgehead atoms. The number of hydrogen-bond acceptors (Lipinski definition) is 2.